The molecule has 2 heterocycles. The minimum absolute atomic E-state index is 0.326. The zero-order chi connectivity index (χ0) is 10.7. The van der Waals surface area contributed by atoms with Crippen molar-refractivity contribution >= 4 is 0 Å². The van der Waals surface area contributed by atoms with Crippen molar-refractivity contribution in [3.63, 3.8) is 0 Å². The summed E-state index contributed by atoms with van der Waals surface area (Å²) in [5.41, 5.74) is 6.79. The second-order valence-electron chi connectivity index (χ2n) is 3.99. The van der Waals surface area contributed by atoms with Gasteiger partial charge in [0.15, 0.2) is 0 Å². The van der Waals surface area contributed by atoms with Crippen LogP contribution in [0.4, 0.5) is 0 Å². The van der Waals surface area contributed by atoms with Crippen LogP contribution >= 0.6 is 0 Å². The summed E-state index contributed by atoms with van der Waals surface area (Å²) < 4.78 is 10.8. The largest absolute Gasteiger partial charge is 0.468 e. The van der Waals surface area contributed by atoms with E-state index in [2.05, 4.69) is 11.8 Å². The van der Waals surface area contributed by atoms with Gasteiger partial charge in [-0.2, -0.15) is 0 Å². The van der Waals surface area contributed by atoms with Gasteiger partial charge < -0.3 is 14.9 Å². The van der Waals surface area contributed by atoms with Crippen molar-refractivity contribution in [3.8, 4) is 0 Å². The summed E-state index contributed by atoms with van der Waals surface area (Å²) in [7, 11) is 0. The van der Waals surface area contributed by atoms with E-state index in [0.717, 1.165) is 32.0 Å². The lowest BCUT2D eigenvalue weighted by Gasteiger charge is -2.30. The van der Waals surface area contributed by atoms with Crippen molar-refractivity contribution in [1.29, 1.82) is 0 Å². The van der Waals surface area contributed by atoms with Crippen molar-refractivity contribution in [2.24, 2.45) is 5.73 Å². The highest BCUT2D eigenvalue weighted by molar-refractivity contribution is 5.16. The van der Waals surface area contributed by atoms with Crippen molar-refractivity contribution in [3.05, 3.63) is 23.7 Å². The standard InChI is InChI=1S/C11H18N2O2/c1-9-7-13(3-5-14-9)8-10-2-4-15-11(10)6-12/h2,4,9H,3,5-8,12H2,1H3. The molecule has 2 N–H and O–H groups in total. The summed E-state index contributed by atoms with van der Waals surface area (Å²) in [6.45, 7) is 6.27. The van der Waals surface area contributed by atoms with Crippen LogP contribution in [0.15, 0.2) is 16.7 Å². The Hall–Kier alpha value is -0.840. The topological polar surface area (TPSA) is 51.6 Å². The van der Waals surface area contributed by atoms with E-state index < -0.39 is 0 Å². The average Bonchev–Trinajstić information content (AvgIpc) is 2.65. The fourth-order valence-electron chi connectivity index (χ4n) is 1.96. The van der Waals surface area contributed by atoms with Gasteiger partial charge >= 0.3 is 0 Å². The molecule has 1 aromatic rings. The van der Waals surface area contributed by atoms with Crippen LogP contribution in [0, 0.1) is 0 Å². The number of ether oxygens (including phenoxy) is 1. The van der Waals surface area contributed by atoms with Crippen LogP contribution in [-0.2, 0) is 17.8 Å². The molecule has 0 amide bonds. The molecule has 84 valence electrons. The molecular formula is C11H18N2O2. The maximum Gasteiger partial charge on any atom is 0.121 e. The Kier molecular flexibility index (Phi) is 3.41. The third-order valence-corrected chi connectivity index (χ3v) is 2.74. The molecule has 1 aliphatic heterocycles. The third kappa shape index (κ3) is 2.59. The predicted molar refractivity (Wildman–Crippen MR) is 57.3 cm³/mol. The maximum atomic E-state index is 5.59. The van der Waals surface area contributed by atoms with Crippen LogP contribution in [0.25, 0.3) is 0 Å². The molecule has 15 heavy (non-hydrogen) atoms. The first-order valence-electron chi connectivity index (χ1n) is 5.39. The van der Waals surface area contributed by atoms with E-state index in [9.17, 15) is 0 Å². The number of hydrogen-bond donors (Lipinski definition) is 1. The average molecular weight is 210 g/mol. The van der Waals surface area contributed by atoms with Gasteiger partial charge in [0.05, 0.1) is 25.5 Å². The minimum atomic E-state index is 0.326. The molecule has 1 fully saturated rings. The van der Waals surface area contributed by atoms with Gasteiger partial charge in [-0.3, -0.25) is 4.90 Å². The van der Waals surface area contributed by atoms with Crippen LogP contribution in [0.1, 0.15) is 18.2 Å². The molecule has 1 saturated heterocycles. The lowest BCUT2D eigenvalue weighted by atomic mass is 10.2. The quantitative estimate of drug-likeness (QED) is 0.807. The SMILES string of the molecule is CC1CN(Cc2ccoc2CN)CCO1. The summed E-state index contributed by atoms with van der Waals surface area (Å²) in [5, 5.41) is 0. The van der Waals surface area contributed by atoms with Gasteiger partial charge in [-0.05, 0) is 13.0 Å². The van der Waals surface area contributed by atoms with E-state index in [-0.39, 0.29) is 0 Å². The summed E-state index contributed by atoms with van der Waals surface area (Å²) in [6, 6.07) is 2.00. The first-order valence-corrected chi connectivity index (χ1v) is 5.39. The second kappa shape index (κ2) is 4.79. The third-order valence-electron chi connectivity index (χ3n) is 2.74. The van der Waals surface area contributed by atoms with Gasteiger partial charge in [0, 0.05) is 25.2 Å². The Morgan fingerprint density at radius 3 is 3.20 bits per heavy atom. The summed E-state index contributed by atoms with van der Waals surface area (Å²) in [6.07, 6.45) is 2.04. The van der Waals surface area contributed by atoms with Crippen LogP contribution in [-0.4, -0.2) is 30.7 Å². The number of furan rings is 1. The van der Waals surface area contributed by atoms with Crippen LogP contribution < -0.4 is 5.73 Å². The van der Waals surface area contributed by atoms with E-state index >= 15 is 0 Å². The molecule has 0 aliphatic carbocycles. The monoisotopic (exact) mass is 210 g/mol. The molecule has 4 heteroatoms. The Labute approximate surface area is 90.0 Å². The van der Waals surface area contributed by atoms with Crippen molar-refractivity contribution in [2.45, 2.75) is 26.1 Å². The molecule has 2 rings (SSSR count). The maximum absolute atomic E-state index is 5.59. The van der Waals surface area contributed by atoms with E-state index in [1.54, 1.807) is 6.26 Å². The summed E-state index contributed by atoms with van der Waals surface area (Å²) in [4.78, 5) is 2.37. The highest BCUT2D eigenvalue weighted by Crippen LogP contribution is 2.14. The molecule has 1 atom stereocenters. The lowest BCUT2D eigenvalue weighted by Crippen LogP contribution is -2.40. The highest BCUT2D eigenvalue weighted by atomic mass is 16.5. The molecule has 0 radical (unpaired) electrons. The van der Waals surface area contributed by atoms with E-state index in [0.29, 0.717) is 12.6 Å². The number of rotatable bonds is 3. The number of nitrogens with two attached hydrogens (primary N) is 1. The number of nitrogens with zero attached hydrogens (tertiary/aromatic N) is 1. The van der Waals surface area contributed by atoms with Gasteiger partial charge in [0.25, 0.3) is 0 Å². The van der Waals surface area contributed by atoms with Gasteiger partial charge in [0.1, 0.15) is 5.76 Å². The van der Waals surface area contributed by atoms with E-state index in [4.69, 9.17) is 14.9 Å². The van der Waals surface area contributed by atoms with Crippen molar-refractivity contribution < 1.29 is 9.15 Å². The minimum Gasteiger partial charge on any atom is -0.468 e. The molecule has 1 aromatic heterocycles. The summed E-state index contributed by atoms with van der Waals surface area (Å²) in [5.74, 6) is 0.897. The Balaban J connectivity index is 1.96. The Bertz CT molecular complexity index is 311. The normalized spacial score (nSPS) is 23.2. The molecule has 0 aromatic carbocycles. The zero-order valence-corrected chi connectivity index (χ0v) is 9.11. The molecule has 4 nitrogen and oxygen atoms in total. The van der Waals surface area contributed by atoms with Gasteiger partial charge in [-0.1, -0.05) is 0 Å². The molecule has 1 aliphatic rings. The molecule has 0 bridgehead atoms. The first kappa shape index (κ1) is 10.7. The second-order valence-corrected chi connectivity index (χ2v) is 3.99. The molecule has 0 spiro atoms. The van der Waals surface area contributed by atoms with Crippen molar-refractivity contribution in [1.82, 2.24) is 4.90 Å². The Morgan fingerprint density at radius 1 is 1.60 bits per heavy atom. The van der Waals surface area contributed by atoms with Gasteiger partial charge in [-0.15, -0.1) is 0 Å². The van der Waals surface area contributed by atoms with Crippen LogP contribution in [0.3, 0.4) is 0 Å². The summed E-state index contributed by atoms with van der Waals surface area (Å²) >= 11 is 0. The zero-order valence-electron chi connectivity index (χ0n) is 9.11. The van der Waals surface area contributed by atoms with Crippen molar-refractivity contribution in [2.75, 3.05) is 19.7 Å². The number of morpholine rings is 1. The van der Waals surface area contributed by atoms with Gasteiger partial charge in [-0.25, -0.2) is 0 Å². The first-order chi connectivity index (χ1) is 7.29. The lowest BCUT2D eigenvalue weighted by molar-refractivity contribution is -0.0213. The molecule has 1 unspecified atom stereocenters. The smallest absolute Gasteiger partial charge is 0.121 e. The fraction of sp³-hybridized carbons (Fsp3) is 0.636. The fourth-order valence-corrected chi connectivity index (χ4v) is 1.96. The molecule has 0 saturated carbocycles. The Morgan fingerprint density at radius 2 is 2.47 bits per heavy atom. The van der Waals surface area contributed by atoms with Crippen LogP contribution in [0.2, 0.25) is 0 Å². The predicted octanol–water partition coefficient (Wildman–Crippen LogP) is 0.959. The molecular weight excluding hydrogens is 192 g/mol. The van der Waals surface area contributed by atoms with E-state index in [1.807, 2.05) is 6.07 Å². The number of hydrogen-bond acceptors (Lipinski definition) is 4. The van der Waals surface area contributed by atoms with Crippen LogP contribution in [0.5, 0.6) is 0 Å². The van der Waals surface area contributed by atoms with E-state index in [1.165, 1.54) is 5.56 Å². The van der Waals surface area contributed by atoms with Gasteiger partial charge in [0.2, 0.25) is 0 Å². The highest BCUT2D eigenvalue weighted by Gasteiger charge is 2.18.